The maximum absolute atomic E-state index is 13.1. The van der Waals surface area contributed by atoms with Gasteiger partial charge in [-0.05, 0) is 30.6 Å². The summed E-state index contributed by atoms with van der Waals surface area (Å²) in [6.07, 6.45) is 2.64. The van der Waals surface area contributed by atoms with Crippen LogP contribution in [0.3, 0.4) is 0 Å². The number of carbonyl (C=O) groups is 1. The number of alkyl halides is 2. The summed E-state index contributed by atoms with van der Waals surface area (Å²) < 4.78 is 26.1. The number of rotatable bonds is 2. The largest absolute Gasteiger partial charge is 0.342 e. The second-order valence-corrected chi connectivity index (χ2v) is 6.98. The maximum Gasteiger partial charge on any atom is 0.251 e. The molecular weight excluding hydrogens is 236 g/mol. The fourth-order valence-electron chi connectivity index (χ4n) is 4.08. The predicted octanol–water partition coefficient (Wildman–Crippen LogP) is 3.07. The lowest BCUT2D eigenvalue weighted by Gasteiger charge is -2.72. The van der Waals surface area contributed by atoms with Crippen LogP contribution in [0.25, 0.3) is 0 Å². The van der Waals surface area contributed by atoms with E-state index in [1.807, 2.05) is 0 Å². The van der Waals surface area contributed by atoms with Crippen molar-refractivity contribution in [3.8, 4) is 0 Å². The molecule has 0 atom stereocenters. The van der Waals surface area contributed by atoms with Gasteiger partial charge in [0.15, 0.2) is 0 Å². The van der Waals surface area contributed by atoms with Crippen LogP contribution in [0.2, 0.25) is 0 Å². The van der Waals surface area contributed by atoms with E-state index in [1.54, 1.807) is 4.90 Å². The van der Waals surface area contributed by atoms with Crippen LogP contribution in [0.1, 0.15) is 46.0 Å². The summed E-state index contributed by atoms with van der Waals surface area (Å²) in [5.41, 5.74) is 0.242. The fraction of sp³-hybridized carbons (Fsp3) is 0.929. The number of hydrogen-bond donors (Lipinski definition) is 0. The molecule has 1 aliphatic heterocycles. The normalized spacial score (nSPS) is 41.3. The molecule has 0 N–H and O–H groups in total. The predicted molar refractivity (Wildman–Crippen MR) is 64.3 cm³/mol. The Morgan fingerprint density at radius 3 is 2.06 bits per heavy atom. The third-order valence-electron chi connectivity index (χ3n) is 5.53. The van der Waals surface area contributed by atoms with Crippen molar-refractivity contribution >= 4 is 5.91 Å². The molecule has 1 saturated heterocycles. The third kappa shape index (κ3) is 1.53. The van der Waals surface area contributed by atoms with Crippen LogP contribution in [0, 0.1) is 16.7 Å². The molecule has 2 nitrogen and oxygen atoms in total. The van der Waals surface area contributed by atoms with Crippen molar-refractivity contribution in [2.75, 3.05) is 13.1 Å². The maximum atomic E-state index is 13.1. The molecule has 0 unspecified atom stereocenters. The van der Waals surface area contributed by atoms with Crippen molar-refractivity contribution in [2.45, 2.75) is 51.9 Å². The molecule has 0 radical (unpaired) electrons. The number of halogens is 2. The second kappa shape index (κ2) is 3.45. The highest BCUT2D eigenvalue weighted by Crippen LogP contribution is 2.76. The van der Waals surface area contributed by atoms with Crippen LogP contribution in [-0.2, 0) is 4.79 Å². The Kier molecular flexibility index (Phi) is 2.37. The number of piperidine rings is 1. The van der Waals surface area contributed by atoms with E-state index in [4.69, 9.17) is 0 Å². The average Bonchev–Trinajstić information content (AvgIpc) is 2.12. The van der Waals surface area contributed by atoms with Crippen molar-refractivity contribution in [3.63, 3.8) is 0 Å². The molecule has 3 aliphatic carbocycles. The zero-order valence-electron chi connectivity index (χ0n) is 11.1. The van der Waals surface area contributed by atoms with Crippen molar-refractivity contribution in [1.82, 2.24) is 4.90 Å². The molecule has 18 heavy (non-hydrogen) atoms. The zero-order chi connectivity index (χ0) is 13.2. The number of hydrogen-bond acceptors (Lipinski definition) is 1. The van der Waals surface area contributed by atoms with E-state index >= 15 is 0 Å². The van der Waals surface area contributed by atoms with Crippen molar-refractivity contribution < 1.29 is 13.6 Å². The van der Waals surface area contributed by atoms with E-state index in [0.717, 1.165) is 19.3 Å². The Hall–Kier alpha value is -0.670. The molecule has 3 saturated carbocycles. The van der Waals surface area contributed by atoms with Crippen molar-refractivity contribution in [3.05, 3.63) is 0 Å². The number of likely N-dealkylation sites (tertiary alicyclic amines) is 1. The lowest BCUT2D eigenvalue weighted by Crippen LogP contribution is -2.70. The molecule has 4 heteroatoms. The minimum Gasteiger partial charge on any atom is -0.342 e. The first-order chi connectivity index (χ1) is 8.29. The Morgan fingerprint density at radius 1 is 1.11 bits per heavy atom. The zero-order valence-corrected chi connectivity index (χ0v) is 11.1. The van der Waals surface area contributed by atoms with Gasteiger partial charge in [-0.1, -0.05) is 13.8 Å². The van der Waals surface area contributed by atoms with Gasteiger partial charge in [0, 0.05) is 25.9 Å². The monoisotopic (exact) mass is 257 g/mol. The molecule has 4 rings (SSSR count). The molecule has 0 aromatic rings. The topological polar surface area (TPSA) is 20.3 Å². The summed E-state index contributed by atoms with van der Waals surface area (Å²) in [7, 11) is 0. The smallest absolute Gasteiger partial charge is 0.251 e. The highest BCUT2D eigenvalue weighted by molar-refractivity contribution is 5.86. The summed E-state index contributed by atoms with van der Waals surface area (Å²) in [5, 5.41) is 0. The van der Waals surface area contributed by atoms with Gasteiger partial charge in [0.2, 0.25) is 5.91 Å². The highest BCUT2D eigenvalue weighted by Gasteiger charge is 2.72. The van der Waals surface area contributed by atoms with Crippen LogP contribution >= 0.6 is 0 Å². The van der Waals surface area contributed by atoms with Gasteiger partial charge in [-0.3, -0.25) is 4.79 Å². The van der Waals surface area contributed by atoms with E-state index in [2.05, 4.69) is 13.8 Å². The van der Waals surface area contributed by atoms with E-state index < -0.39 is 5.92 Å². The summed E-state index contributed by atoms with van der Waals surface area (Å²) in [6.45, 7) is 4.91. The molecule has 0 spiro atoms. The Balaban J connectivity index is 1.59. The van der Waals surface area contributed by atoms with Crippen LogP contribution in [0.5, 0.6) is 0 Å². The Labute approximate surface area is 107 Å². The number of carbonyl (C=O) groups excluding carboxylic acids is 1. The van der Waals surface area contributed by atoms with Gasteiger partial charge in [0.05, 0.1) is 5.41 Å². The van der Waals surface area contributed by atoms with E-state index in [9.17, 15) is 13.6 Å². The summed E-state index contributed by atoms with van der Waals surface area (Å²) in [6, 6.07) is 0. The van der Waals surface area contributed by atoms with Gasteiger partial charge in [-0.2, -0.15) is 0 Å². The molecule has 2 bridgehead atoms. The van der Waals surface area contributed by atoms with Gasteiger partial charge in [-0.15, -0.1) is 0 Å². The molecule has 4 aliphatic rings. The SMILES string of the molecule is CC(C)C12CC(C(=O)N3CCC(F)(F)CC3)(C1)C2. The Morgan fingerprint density at radius 2 is 1.61 bits per heavy atom. The van der Waals surface area contributed by atoms with Crippen LogP contribution in [0.4, 0.5) is 8.78 Å². The van der Waals surface area contributed by atoms with Crippen LogP contribution < -0.4 is 0 Å². The van der Waals surface area contributed by atoms with Gasteiger partial charge in [0.1, 0.15) is 0 Å². The lowest BCUT2D eigenvalue weighted by atomic mass is 9.32. The first-order valence-electron chi connectivity index (χ1n) is 6.96. The van der Waals surface area contributed by atoms with Gasteiger partial charge in [-0.25, -0.2) is 8.78 Å². The van der Waals surface area contributed by atoms with Crippen molar-refractivity contribution in [1.29, 1.82) is 0 Å². The second-order valence-electron chi connectivity index (χ2n) is 6.98. The quantitative estimate of drug-likeness (QED) is 0.744. The minimum atomic E-state index is -2.56. The van der Waals surface area contributed by atoms with Gasteiger partial charge >= 0.3 is 0 Å². The fourth-order valence-corrected chi connectivity index (χ4v) is 4.08. The summed E-state index contributed by atoms with van der Waals surface area (Å²) >= 11 is 0. The number of nitrogens with zero attached hydrogens (tertiary/aromatic N) is 1. The molecular formula is C14H21F2NO. The van der Waals surface area contributed by atoms with E-state index in [0.29, 0.717) is 11.3 Å². The molecule has 0 aromatic carbocycles. The van der Waals surface area contributed by atoms with E-state index in [1.165, 1.54) is 0 Å². The minimum absolute atomic E-state index is 0.153. The van der Waals surface area contributed by atoms with Crippen LogP contribution in [0.15, 0.2) is 0 Å². The Bertz CT molecular complexity index is 361. The molecule has 1 heterocycles. The van der Waals surface area contributed by atoms with E-state index in [-0.39, 0.29) is 37.3 Å². The van der Waals surface area contributed by atoms with Crippen LogP contribution in [-0.4, -0.2) is 29.8 Å². The number of amides is 1. The highest BCUT2D eigenvalue weighted by atomic mass is 19.3. The molecule has 0 aromatic heterocycles. The summed E-state index contributed by atoms with van der Waals surface area (Å²) in [4.78, 5) is 14.1. The standard InChI is InChI=1S/C14H21F2NO/c1-10(2)12-7-13(8-12,9-12)11(18)17-5-3-14(15,16)4-6-17/h10H,3-9H2,1-2H3. The van der Waals surface area contributed by atoms with Gasteiger partial charge < -0.3 is 4.90 Å². The molecule has 1 amide bonds. The average molecular weight is 257 g/mol. The first-order valence-corrected chi connectivity index (χ1v) is 6.96. The summed E-state index contributed by atoms with van der Waals surface area (Å²) in [5.74, 6) is -1.77. The first kappa shape index (κ1) is 12.4. The third-order valence-corrected chi connectivity index (χ3v) is 5.53. The molecule has 102 valence electrons. The van der Waals surface area contributed by atoms with Gasteiger partial charge in [0.25, 0.3) is 5.92 Å². The molecule has 4 fully saturated rings. The van der Waals surface area contributed by atoms with Crippen molar-refractivity contribution in [2.24, 2.45) is 16.7 Å². The lowest BCUT2D eigenvalue weighted by molar-refractivity contribution is -0.234.